The highest BCUT2D eigenvalue weighted by molar-refractivity contribution is 7.18. The highest BCUT2D eigenvalue weighted by Gasteiger charge is 2.05. The number of halogens is 1. The Morgan fingerprint density at radius 1 is 1.33 bits per heavy atom. The van der Waals surface area contributed by atoms with E-state index in [9.17, 15) is 4.79 Å². The van der Waals surface area contributed by atoms with E-state index < -0.39 is 0 Å². The molecule has 0 spiro atoms. The second-order valence-corrected chi connectivity index (χ2v) is 5.19. The molecular formula is C12H10ClN3OS. The number of pyridine rings is 1. The van der Waals surface area contributed by atoms with Crippen molar-refractivity contribution in [3.63, 3.8) is 0 Å². The molecule has 0 radical (unpaired) electrons. The van der Waals surface area contributed by atoms with Gasteiger partial charge in [0.05, 0.1) is 14.9 Å². The van der Waals surface area contributed by atoms with Crippen LogP contribution < -0.4 is 5.43 Å². The van der Waals surface area contributed by atoms with E-state index in [1.54, 1.807) is 30.6 Å². The van der Waals surface area contributed by atoms with Crippen molar-refractivity contribution in [2.75, 3.05) is 0 Å². The van der Waals surface area contributed by atoms with Gasteiger partial charge < -0.3 is 0 Å². The van der Waals surface area contributed by atoms with Crippen LogP contribution in [-0.4, -0.2) is 16.6 Å². The van der Waals surface area contributed by atoms with Crippen molar-refractivity contribution in [1.29, 1.82) is 0 Å². The molecule has 0 aliphatic rings. The fourth-order valence-electron chi connectivity index (χ4n) is 1.27. The van der Waals surface area contributed by atoms with Crippen molar-refractivity contribution in [3.05, 3.63) is 51.4 Å². The lowest BCUT2D eigenvalue weighted by Gasteiger charge is -2.00. The van der Waals surface area contributed by atoms with Crippen LogP contribution in [-0.2, 0) is 0 Å². The van der Waals surface area contributed by atoms with Gasteiger partial charge in [0, 0.05) is 18.0 Å². The summed E-state index contributed by atoms with van der Waals surface area (Å²) in [5.74, 6) is -0.264. The van der Waals surface area contributed by atoms with Gasteiger partial charge in [-0.1, -0.05) is 11.6 Å². The van der Waals surface area contributed by atoms with Crippen LogP contribution in [0.15, 0.2) is 41.8 Å². The van der Waals surface area contributed by atoms with E-state index in [0.717, 1.165) is 4.88 Å². The van der Waals surface area contributed by atoms with Crippen molar-refractivity contribution in [2.24, 2.45) is 5.10 Å². The topological polar surface area (TPSA) is 54.4 Å². The Labute approximate surface area is 113 Å². The minimum atomic E-state index is -0.264. The van der Waals surface area contributed by atoms with Crippen LogP contribution in [0.2, 0.25) is 4.34 Å². The number of carbonyl (C=O) groups is 1. The summed E-state index contributed by atoms with van der Waals surface area (Å²) in [5.41, 5.74) is 3.73. The van der Waals surface area contributed by atoms with Crippen molar-refractivity contribution >= 4 is 34.6 Å². The molecule has 0 bridgehead atoms. The highest BCUT2D eigenvalue weighted by atomic mass is 35.5. The minimum Gasteiger partial charge on any atom is -0.267 e. The Morgan fingerprint density at radius 3 is 2.67 bits per heavy atom. The molecule has 0 atom stereocenters. The number of hydrazone groups is 1. The van der Waals surface area contributed by atoms with Gasteiger partial charge in [-0.2, -0.15) is 5.10 Å². The maximum absolute atomic E-state index is 11.7. The number of amides is 1. The first-order valence-corrected chi connectivity index (χ1v) is 6.36. The number of carbonyl (C=O) groups excluding carboxylic acids is 1. The molecule has 92 valence electrons. The quantitative estimate of drug-likeness (QED) is 0.694. The Balaban J connectivity index is 2.05. The van der Waals surface area contributed by atoms with E-state index in [4.69, 9.17) is 11.6 Å². The van der Waals surface area contributed by atoms with Crippen LogP contribution in [0.25, 0.3) is 0 Å². The average molecular weight is 280 g/mol. The Bertz CT molecular complexity index is 580. The number of nitrogens with zero attached hydrogens (tertiary/aromatic N) is 2. The summed E-state index contributed by atoms with van der Waals surface area (Å²) < 4.78 is 0.694. The third-order valence-electron chi connectivity index (χ3n) is 2.20. The molecular weight excluding hydrogens is 270 g/mol. The zero-order valence-corrected chi connectivity index (χ0v) is 11.1. The third-order valence-corrected chi connectivity index (χ3v) is 3.54. The standard InChI is InChI=1S/C12H10ClN3OS/c1-8(10-2-3-11(13)18-10)15-16-12(17)9-4-6-14-7-5-9/h2-7H,1H3,(H,16,17)/b15-8-. The molecule has 1 amide bonds. The molecule has 0 unspecified atom stereocenters. The molecule has 1 N–H and O–H groups in total. The summed E-state index contributed by atoms with van der Waals surface area (Å²) in [4.78, 5) is 16.5. The number of aromatic nitrogens is 1. The fourth-order valence-corrected chi connectivity index (χ4v) is 2.25. The van der Waals surface area contributed by atoms with E-state index in [0.29, 0.717) is 15.6 Å². The second-order valence-electron chi connectivity index (χ2n) is 3.48. The van der Waals surface area contributed by atoms with Crippen LogP contribution >= 0.6 is 22.9 Å². The average Bonchev–Trinajstić information content (AvgIpc) is 2.83. The lowest BCUT2D eigenvalue weighted by molar-refractivity contribution is 0.0954. The van der Waals surface area contributed by atoms with Gasteiger partial charge in [0.1, 0.15) is 0 Å². The zero-order valence-electron chi connectivity index (χ0n) is 9.55. The lowest BCUT2D eigenvalue weighted by atomic mass is 10.3. The van der Waals surface area contributed by atoms with Crippen LogP contribution in [0, 0.1) is 0 Å². The van der Waals surface area contributed by atoms with Gasteiger partial charge in [-0.05, 0) is 31.2 Å². The van der Waals surface area contributed by atoms with E-state index in [1.807, 2.05) is 13.0 Å². The van der Waals surface area contributed by atoms with Gasteiger partial charge >= 0.3 is 0 Å². The normalized spacial score (nSPS) is 11.3. The second kappa shape index (κ2) is 5.75. The summed E-state index contributed by atoms with van der Waals surface area (Å²) >= 11 is 7.25. The Hall–Kier alpha value is -1.72. The summed E-state index contributed by atoms with van der Waals surface area (Å²) in [6.07, 6.45) is 3.12. The fraction of sp³-hybridized carbons (Fsp3) is 0.0833. The molecule has 6 heteroatoms. The van der Waals surface area contributed by atoms with Crippen molar-refractivity contribution < 1.29 is 4.79 Å². The van der Waals surface area contributed by atoms with Gasteiger partial charge in [0.25, 0.3) is 5.91 Å². The monoisotopic (exact) mass is 279 g/mol. The highest BCUT2D eigenvalue weighted by Crippen LogP contribution is 2.21. The van der Waals surface area contributed by atoms with Gasteiger partial charge in [-0.25, -0.2) is 5.43 Å². The van der Waals surface area contributed by atoms with Crippen LogP contribution in [0.3, 0.4) is 0 Å². The maximum Gasteiger partial charge on any atom is 0.271 e. The Morgan fingerprint density at radius 2 is 2.06 bits per heavy atom. The number of thiophene rings is 1. The van der Waals surface area contributed by atoms with Crippen molar-refractivity contribution in [2.45, 2.75) is 6.92 Å². The van der Waals surface area contributed by atoms with Gasteiger partial charge in [-0.3, -0.25) is 9.78 Å². The molecule has 0 fully saturated rings. The summed E-state index contributed by atoms with van der Waals surface area (Å²) in [7, 11) is 0. The summed E-state index contributed by atoms with van der Waals surface area (Å²) in [5, 5.41) is 4.03. The molecule has 2 aromatic heterocycles. The molecule has 2 rings (SSSR count). The SMILES string of the molecule is C/C(=N/NC(=O)c1ccncc1)c1ccc(Cl)s1. The third kappa shape index (κ3) is 3.15. The maximum atomic E-state index is 11.7. The van der Waals surface area contributed by atoms with E-state index in [1.165, 1.54) is 11.3 Å². The van der Waals surface area contributed by atoms with E-state index >= 15 is 0 Å². The molecule has 2 heterocycles. The number of hydrogen-bond acceptors (Lipinski definition) is 4. The lowest BCUT2D eigenvalue weighted by Crippen LogP contribution is -2.19. The first-order chi connectivity index (χ1) is 8.66. The Kier molecular flexibility index (Phi) is 4.07. The molecule has 4 nitrogen and oxygen atoms in total. The summed E-state index contributed by atoms with van der Waals surface area (Å²) in [6, 6.07) is 6.92. The number of hydrogen-bond donors (Lipinski definition) is 1. The molecule has 0 aromatic carbocycles. The molecule has 18 heavy (non-hydrogen) atoms. The predicted molar refractivity (Wildman–Crippen MR) is 73.2 cm³/mol. The largest absolute Gasteiger partial charge is 0.271 e. The molecule has 0 saturated carbocycles. The van der Waals surface area contributed by atoms with Crippen LogP contribution in [0.5, 0.6) is 0 Å². The van der Waals surface area contributed by atoms with E-state index in [2.05, 4.69) is 15.5 Å². The van der Waals surface area contributed by atoms with Crippen LogP contribution in [0.1, 0.15) is 22.2 Å². The van der Waals surface area contributed by atoms with Crippen molar-refractivity contribution in [3.8, 4) is 0 Å². The molecule has 2 aromatic rings. The molecule has 0 aliphatic heterocycles. The number of rotatable bonds is 3. The van der Waals surface area contributed by atoms with Crippen molar-refractivity contribution in [1.82, 2.24) is 10.4 Å². The van der Waals surface area contributed by atoms with Crippen LogP contribution in [0.4, 0.5) is 0 Å². The van der Waals surface area contributed by atoms with Gasteiger partial charge in [0.2, 0.25) is 0 Å². The number of nitrogens with one attached hydrogen (secondary N) is 1. The van der Waals surface area contributed by atoms with E-state index in [-0.39, 0.29) is 5.91 Å². The zero-order chi connectivity index (χ0) is 13.0. The van der Waals surface area contributed by atoms with Gasteiger partial charge in [0.15, 0.2) is 0 Å². The molecule has 0 aliphatic carbocycles. The molecule has 0 saturated heterocycles. The minimum absolute atomic E-state index is 0.264. The predicted octanol–water partition coefficient (Wildman–Crippen LogP) is 2.95. The first-order valence-electron chi connectivity index (χ1n) is 5.17. The smallest absolute Gasteiger partial charge is 0.267 e. The first kappa shape index (κ1) is 12.7. The van der Waals surface area contributed by atoms with Gasteiger partial charge in [-0.15, -0.1) is 11.3 Å². The summed E-state index contributed by atoms with van der Waals surface area (Å²) in [6.45, 7) is 1.81.